The molecule has 1 aromatic heterocycles. The molecule has 1 N–H and O–H groups in total. The van der Waals surface area contributed by atoms with E-state index in [0.29, 0.717) is 31.5 Å². The molecule has 0 saturated heterocycles. The molecule has 2 aromatic carbocycles. The number of rotatable bonds is 11. The normalized spacial score (nSPS) is 15.6. The van der Waals surface area contributed by atoms with Gasteiger partial charge in [-0.1, -0.05) is 43.3 Å². The maximum Gasteiger partial charge on any atom is 0.341 e. The third kappa shape index (κ3) is 6.16. The number of para-hydroxylation sites is 3. The van der Waals surface area contributed by atoms with Crippen molar-refractivity contribution in [1.82, 2.24) is 4.98 Å². The van der Waals surface area contributed by atoms with Crippen LogP contribution in [0.25, 0.3) is 11.1 Å². The van der Waals surface area contributed by atoms with E-state index in [9.17, 15) is 4.79 Å². The molecular weight excluding hydrogens is 420 g/mol. The molecule has 0 fully saturated rings. The van der Waals surface area contributed by atoms with Gasteiger partial charge >= 0.3 is 5.97 Å². The third-order valence-corrected chi connectivity index (χ3v) is 5.42. The monoisotopic (exact) mass is 448 g/mol. The average Bonchev–Trinajstić information content (AvgIpc) is 3.26. The minimum absolute atomic E-state index is 0.144. The fourth-order valence-electron chi connectivity index (χ4n) is 3.69. The first-order valence-electron chi connectivity index (χ1n) is 11.1. The van der Waals surface area contributed by atoms with E-state index in [-0.39, 0.29) is 12.5 Å². The Morgan fingerprint density at radius 1 is 1.15 bits per heavy atom. The molecule has 0 spiro atoms. The van der Waals surface area contributed by atoms with Gasteiger partial charge in [0.1, 0.15) is 17.0 Å². The molecule has 1 heterocycles. The van der Waals surface area contributed by atoms with Crippen LogP contribution in [0.1, 0.15) is 19.8 Å². The molecule has 7 heteroatoms. The maximum absolute atomic E-state index is 10.9. The van der Waals surface area contributed by atoms with Gasteiger partial charge in [-0.05, 0) is 48.8 Å². The molecule has 0 amide bonds. The number of aliphatic carboxylic acids is 1. The zero-order valence-electron chi connectivity index (χ0n) is 18.6. The van der Waals surface area contributed by atoms with Crippen molar-refractivity contribution in [2.45, 2.75) is 19.8 Å². The Hall–Kier alpha value is -3.74. The van der Waals surface area contributed by atoms with Crippen LogP contribution < -0.4 is 9.64 Å². The summed E-state index contributed by atoms with van der Waals surface area (Å²) in [7, 11) is 0. The number of fused-ring (bicyclic) bond motifs is 1. The van der Waals surface area contributed by atoms with Gasteiger partial charge in [0.2, 0.25) is 0 Å². The highest BCUT2D eigenvalue weighted by Crippen LogP contribution is 2.27. The number of allylic oxidation sites excluding steroid dienone is 2. The molecule has 0 radical (unpaired) electrons. The summed E-state index contributed by atoms with van der Waals surface area (Å²) in [6, 6.07) is 18.0. The number of benzene rings is 2. The lowest BCUT2D eigenvalue weighted by Crippen LogP contribution is -2.29. The second-order valence-corrected chi connectivity index (χ2v) is 8.05. The zero-order chi connectivity index (χ0) is 23.0. The van der Waals surface area contributed by atoms with Gasteiger partial charge in [0.05, 0.1) is 6.61 Å². The van der Waals surface area contributed by atoms with Crippen LogP contribution in [0, 0.1) is 5.92 Å². The Morgan fingerprint density at radius 3 is 2.73 bits per heavy atom. The van der Waals surface area contributed by atoms with Gasteiger partial charge in [0, 0.05) is 19.0 Å². The molecule has 1 aliphatic rings. The van der Waals surface area contributed by atoms with Crippen LogP contribution >= 0.6 is 0 Å². The number of carboxylic acid groups (broad SMARTS) is 1. The standard InChI is InChI=1S/C26H28N2O5/c1-19-12-13-20(16-24(19)32-18-25(29)30)17-28(14-7-15-31-21-8-3-2-4-9-21)26-27-22-10-5-6-11-23(22)33-26/h2-6,8-11,13,16,19H,7,12,14-15,17-18H2,1H3,(H,29,30). The van der Waals surface area contributed by atoms with Crippen LogP contribution in [0.3, 0.4) is 0 Å². The molecule has 0 bridgehead atoms. The highest BCUT2D eigenvalue weighted by Gasteiger charge is 2.20. The predicted octanol–water partition coefficient (Wildman–Crippen LogP) is 5.05. The van der Waals surface area contributed by atoms with E-state index in [1.807, 2.05) is 67.6 Å². The highest BCUT2D eigenvalue weighted by atomic mass is 16.5. The topological polar surface area (TPSA) is 85.0 Å². The van der Waals surface area contributed by atoms with E-state index in [4.69, 9.17) is 19.0 Å². The summed E-state index contributed by atoms with van der Waals surface area (Å²) in [6.07, 6.45) is 5.67. The molecular formula is C26H28N2O5. The van der Waals surface area contributed by atoms with Gasteiger partial charge in [-0.15, -0.1) is 0 Å². The Morgan fingerprint density at radius 2 is 1.94 bits per heavy atom. The van der Waals surface area contributed by atoms with Crippen LogP contribution in [0.5, 0.6) is 5.75 Å². The summed E-state index contributed by atoms with van der Waals surface area (Å²) < 4.78 is 17.4. The van der Waals surface area contributed by atoms with Crippen molar-refractivity contribution in [3.63, 3.8) is 0 Å². The molecule has 1 aliphatic carbocycles. The van der Waals surface area contributed by atoms with Crippen LogP contribution in [-0.2, 0) is 9.53 Å². The summed E-state index contributed by atoms with van der Waals surface area (Å²) in [5.74, 6) is 0.703. The van der Waals surface area contributed by atoms with Crippen molar-refractivity contribution < 1.29 is 23.8 Å². The largest absolute Gasteiger partial charge is 0.494 e. The molecule has 4 rings (SSSR count). The highest BCUT2D eigenvalue weighted by molar-refractivity contribution is 5.74. The van der Waals surface area contributed by atoms with Crippen molar-refractivity contribution in [3.05, 3.63) is 78.1 Å². The van der Waals surface area contributed by atoms with Crippen LogP contribution in [-0.4, -0.2) is 42.4 Å². The van der Waals surface area contributed by atoms with E-state index >= 15 is 0 Å². The molecule has 7 nitrogen and oxygen atoms in total. The molecule has 3 aromatic rings. The lowest BCUT2D eigenvalue weighted by Gasteiger charge is -2.25. The molecule has 0 aliphatic heterocycles. The maximum atomic E-state index is 10.9. The number of hydrogen-bond donors (Lipinski definition) is 1. The Labute approximate surface area is 192 Å². The SMILES string of the molecule is CC1CC=C(CN(CCCOc2ccccc2)c2nc3ccccc3o2)C=C1OCC(=O)O. The molecule has 1 atom stereocenters. The van der Waals surface area contributed by atoms with Crippen molar-refractivity contribution in [1.29, 1.82) is 0 Å². The number of ether oxygens (including phenoxy) is 2. The van der Waals surface area contributed by atoms with Gasteiger partial charge in [-0.25, -0.2) is 4.79 Å². The van der Waals surface area contributed by atoms with E-state index < -0.39 is 5.97 Å². The van der Waals surface area contributed by atoms with Crippen LogP contribution in [0.4, 0.5) is 6.01 Å². The smallest absolute Gasteiger partial charge is 0.341 e. The zero-order valence-corrected chi connectivity index (χ0v) is 18.6. The Kier molecular flexibility index (Phi) is 7.29. The second kappa shape index (κ2) is 10.7. The number of oxazole rings is 1. The number of aromatic nitrogens is 1. The third-order valence-electron chi connectivity index (χ3n) is 5.42. The summed E-state index contributed by atoms with van der Waals surface area (Å²) in [6.45, 7) is 3.52. The number of nitrogens with zero attached hydrogens (tertiary/aromatic N) is 2. The lowest BCUT2D eigenvalue weighted by molar-refractivity contribution is -0.141. The summed E-state index contributed by atoms with van der Waals surface area (Å²) in [5.41, 5.74) is 2.59. The number of carbonyl (C=O) groups is 1. The fourth-order valence-corrected chi connectivity index (χ4v) is 3.69. The minimum Gasteiger partial charge on any atom is -0.494 e. The van der Waals surface area contributed by atoms with Gasteiger partial charge in [0.15, 0.2) is 12.2 Å². The van der Waals surface area contributed by atoms with Gasteiger partial charge in [-0.2, -0.15) is 4.98 Å². The lowest BCUT2D eigenvalue weighted by atomic mass is 9.96. The second-order valence-electron chi connectivity index (χ2n) is 8.05. The summed E-state index contributed by atoms with van der Waals surface area (Å²) in [5, 5.41) is 8.95. The van der Waals surface area contributed by atoms with E-state index in [0.717, 1.165) is 35.3 Å². The number of carboxylic acids is 1. The predicted molar refractivity (Wildman–Crippen MR) is 126 cm³/mol. The molecule has 1 unspecified atom stereocenters. The van der Waals surface area contributed by atoms with Crippen molar-refractivity contribution in [2.75, 3.05) is 31.2 Å². The van der Waals surface area contributed by atoms with E-state index in [1.165, 1.54) is 0 Å². The van der Waals surface area contributed by atoms with Crippen molar-refractivity contribution in [2.24, 2.45) is 5.92 Å². The number of anilines is 1. The fraction of sp³-hybridized carbons (Fsp3) is 0.308. The van der Waals surface area contributed by atoms with Gasteiger partial charge < -0.3 is 23.9 Å². The summed E-state index contributed by atoms with van der Waals surface area (Å²) in [4.78, 5) is 17.7. The Bertz CT molecular complexity index is 1100. The van der Waals surface area contributed by atoms with E-state index in [2.05, 4.69) is 16.0 Å². The van der Waals surface area contributed by atoms with Crippen LogP contribution in [0.15, 0.2) is 82.5 Å². The van der Waals surface area contributed by atoms with E-state index in [1.54, 1.807) is 0 Å². The number of hydrogen-bond acceptors (Lipinski definition) is 6. The molecule has 0 saturated carbocycles. The van der Waals surface area contributed by atoms with Crippen molar-refractivity contribution >= 4 is 23.1 Å². The minimum atomic E-state index is -0.981. The van der Waals surface area contributed by atoms with Crippen LogP contribution in [0.2, 0.25) is 0 Å². The first kappa shape index (κ1) is 22.5. The first-order valence-corrected chi connectivity index (χ1v) is 11.1. The quantitative estimate of drug-likeness (QED) is 0.411. The van der Waals surface area contributed by atoms with Crippen molar-refractivity contribution in [3.8, 4) is 5.75 Å². The first-order chi connectivity index (χ1) is 16.1. The summed E-state index contributed by atoms with van der Waals surface area (Å²) >= 11 is 0. The van der Waals surface area contributed by atoms with Gasteiger partial charge in [-0.3, -0.25) is 0 Å². The average molecular weight is 449 g/mol. The molecule has 172 valence electrons. The molecule has 33 heavy (non-hydrogen) atoms. The van der Waals surface area contributed by atoms with Gasteiger partial charge in [0.25, 0.3) is 6.01 Å². The Balaban J connectivity index is 1.46.